The average Bonchev–Trinajstić information content (AvgIpc) is 2.73. The number of carboxylic acid groups (broad SMARTS) is 1. The molecule has 2 N–H and O–H groups in total. The number of ether oxygens (including phenoxy) is 2. The third kappa shape index (κ3) is 2.48. The van der Waals surface area contributed by atoms with E-state index in [-0.39, 0.29) is 6.10 Å². The number of fused-ring (bicyclic) bond motifs is 2. The van der Waals surface area contributed by atoms with Crippen LogP contribution in [0.3, 0.4) is 0 Å². The second-order valence-corrected chi connectivity index (χ2v) is 5.49. The summed E-state index contributed by atoms with van der Waals surface area (Å²) in [4.78, 5) is 22.8. The number of aliphatic carboxylic acids is 1. The summed E-state index contributed by atoms with van der Waals surface area (Å²) in [6.07, 6.45) is 2.02. The summed E-state index contributed by atoms with van der Waals surface area (Å²) in [6, 6.07) is -0.577. The van der Waals surface area contributed by atoms with E-state index in [9.17, 15) is 9.59 Å². The molecule has 2 heterocycles. The van der Waals surface area contributed by atoms with Gasteiger partial charge in [0.15, 0.2) is 0 Å². The summed E-state index contributed by atoms with van der Waals surface area (Å²) in [5.41, 5.74) is -0.614. The number of rotatable bonds is 2. The van der Waals surface area contributed by atoms with Crippen molar-refractivity contribution in [1.29, 1.82) is 0 Å². The molecule has 1 fully saturated rings. The van der Waals surface area contributed by atoms with Gasteiger partial charge in [0.05, 0.1) is 18.2 Å². The smallest absolute Gasteiger partial charge is 0.407 e. The second kappa shape index (κ2) is 4.28. The van der Waals surface area contributed by atoms with Crippen molar-refractivity contribution in [2.45, 2.75) is 44.6 Å². The monoisotopic (exact) mass is 255 g/mol. The molecule has 18 heavy (non-hydrogen) atoms. The molecule has 6 heteroatoms. The fraction of sp³-hybridized carbons (Fsp3) is 0.667. The van der Waals surface area contributed by atoms with Crippen molar-refractivity contribution in [2.75, 3.05) is 0 Å². The topological polar surface area (TPSA) is 84.9 Å². The van der Waals surface area contributed by atoms with E-state index in [2.05, 4.69) is 5.32 Å². The van der Waals surface area contributed by atoms with Crippen LogP contribution in [-0.4, -0.2) is 41.0 Å². The van der Waals surface area contributed by atoms with E-state index in [4.69, 9.17) is 14.6 Å². The maximum absolute atomic E-state index is 11.7. The maximum Gasteiger partial charge on any atom is 0.407 e. The summed E-state index contributed by atoms with van der Waals surface area (Å²) in [6.45, 7) is 5.25. The van der Waals surface area contributed by atoms with Crippen LogP contribution in [0.1, 0.15) is 20.8 Å². The van der Waals surface area contributed by atoms with E-state index in [1.807, 2.05) is 0 Å². The molecule has 0 unspecified atom stereocenters. The Morgan fingerprint density at radius 3 is 2.44 bits per heavy atom. The van der Waals surface area contributed by atoms with Gasteiger partial charge in [0, 0.05) is 0 Å². The van der Waals surface area contributed by atoms with Crippen LogP contribution in [0.4, 0.5) is 4.79 Å². The molecule has 2 bridgehead atoms. The summed E-state index contributed by atoms with van der Waals surface area (Å²) >= 11 is 0. The molecular formula is C12H17NO5. The van der Waals surface area contributed by atoms with Gasteiger partial charge in [-0.1, -0.05) is 12.2 Å². The van der Waals surface area contributed by atoms with Gasteiger partial charge >= 0.3 is 12.1 Å². The minimum absolute atomic E-state index is 0.386. The standard InChI is InChI=1S/C12H17NO5/c1-12(2,3)18-11(16)13-9-7-5-4-6(17-7)8(9)10(14)15/h4-9H,1-3H3,(H,13,16)(H,14,15)/t6-,7+,8-,9-/m0/s1. The summed E-state index contributed by atoms with van der Waals surface area (Å²) < 4.78 is 10.5. The van der Waals surface area contributed by atoms with Gasteiger partial charge in [0.25, 0.3) is 0 Å². The molecule has 1 saturated heterocycles. The first-order chi connectivity index (χ1) is 8.28. The summed E-state index contributed by atoms with van der Waals surface area (Å²) in [7, 11) is 0. The molecule has 0 saturated carbocycles. The van der Waals surface area contributed by atoms with Crippen molar-refractivity contribution >= 4 is 12.1 Å². The minimum atomic E-state index is -0.979. The van der Waals surface area contributed by atoms with E-state index in [1.54, 1.807) is 32.9 Å². The number of amides is 1. The highest BCUT2D eigenvalue weighted by Gasteiger charge is 2.50. The zero-order chi connectivity index (χ0) is 13.5. The number of carboxylic acids is 1. The second-order valence-electron chi connectivity index (χ2n) is 5.49. The van der Waals surface area contributed by atoms with Gasteiger partial charge in [-0.2, -0.15) is 0 Å². The van der Waals surface area contributed by atoms with E-state index < -0.39 is 35.7 Å². The van der Waals surface area contributed by atoms with Crippen molar-refractivity contribution < 1.29 is 24.2 Å². The van der Waals surface area contributed by atoms with Crippen molar-refractivity contribution in [1.82, 2.24) is 5.32 Å². The Balaban J connectivity index is 2.02. The van der Waals surface area contributed by atoms with Gasteiger partial charge in [-0.15, -0.1) is 0 Å². The van der Waals surface area contributed by atoms with Gasteiger partial charge in [-0.05, 0) is 20.8 Å². The number of hydrogen-bond donors (Lipinski definition) is 2. The van der Waals surface area contributed by atoms with Crippen LogP contribution >= 0.6 is 0 Å². The van der Waals surface area contributed by atoms with Crippen LogP contribution in [0.2, 0.25) is 0 Å². The molecule has 0 aromatic heterocycles. The lowest BCUT2D eigenvalue weighted by Gasteiger charge is -2.25. The fourth-order valence-corrected chi connectivity index (χ4v) is 2.22. The number of carbonyl (C=O) groups excluding carboxylic acids is 1. The Bertz CT molecular complexity index is 398. The minimum Gasteiger partial charge on any atom is -0.481 e. The Hall–Kier alpha value is -1.56. The van der Waals surface area contributed by atoms with E-state index in [1.165, 1.54) is 0 Å². The van der Waals surface area contributed by atoms with E-state index in [0.717, 1.165) is 0 Å². The van der Waals surface area contributed by atoms with Crippen molar-refractivity contribution in [2.24, 2.45) is 5.92 Å². The Morgan fingerprint density at radius 2 is 1.89 bits per heavy atom. The Labute approximate surface area is 105 Å². The van der Waals surface area contributed by atoms with Crippen LogP contribution < -0.4 is 5.32 Å². The molecule has 1 amide bonds. The van der Waals surface area contributed by atoms with Crippen LogP contribution in [0, 0.1) is 5.92 Å². The molecule has 100 valence electrons. The highest BCUT2D eigenvalue weighted by molar-refractivity contribution is 5.76. The normalized spacial score (nSPS) is 33.5. The van der Waals surface area contributed by atoms with Gasteiger partial charge in [-0.3, -0.25) is 4.79 Å². The number of nitrogens with one attached hydrogen (secondary N) is 1. The summed E-state index contributed by atoms with van der Waals surface area (Å²) in [5, 5.41) is 11.7. The van der Waals surface area contributed by atoms with Crippen LogP contribution in [0.5, 0.6) is 0 Å². The molecule has 6 nitrogen and oxygen atoms in total. The number of hydrogen-bond acceptors (Lipinski definition) is 4. The number of alkyl carbamates (subject to hydrolysis) is 1. The maximum atomic E-state index is 11.7. The first kappa shape index (κ1) is 12.9. The molecule has 0 aliphatic carbocycles. The molecule has 4 atom stereocenters. The van der Waals surface area contributed by atoms with Crippen LogP contribution in [0.25, 0.3) is 0 Å². The Morgan fingerprint density at radius 1 is 1.28 bits per heavy atom. The average molecular weight is 255 g/mol. The molecule has 0 aromatic carbocycles. The molecule has 2 aliphatic rings. The van der Waals surface area contributed by atoms with Gasteiger partial charge in [-0.25, -0.2) is 4.79 Å². The molecule has 2 rings (SSSR count). The molecule has 0 spiro atoms. The molecule has 0 aromatic rings. The quantitative estimate of drug-likeness (QED) is 0.717. The highest BCUT2D eigenvalue weighted by atomic mass is 16.6. The molecule has 2 aliphatic heterocycles. The summed E-state index contributed by atoms with van der Waals surface area (Å²) in [5.74, 6) is -1.74. The lowest BCUT2D eigenvalue weighted by molar-refractivity contribution is -0.143. The Kier molecular flexibility index (Phi) is 3.06. The van der Waals surface area contributed by atoms with Gasteiger partial charge in [0.2, 0.25) is 0 Å². The number of carbonyl (C=O) groups is 2. The van der Waals surface area contributed by atoms with E-state index >= 15 is 0 Å². The SMILES string of the molecule is CC(C)(C)OC(=O)N[C@@H]1[C@@H](C(=O)O)[C@@H]2C=C[C@H]1O2. The molecular weight excluding hydrogens is 238 g/mol. The van der Waals surface area contributed by atoms with Gasteiger partial charge in [0.1, 0.15) is 11.5 Å². The van der Waals surface area contributed by atoms with Gasteiger partial charge < -0.3 is 19.9 Å². The van der Waals surface area contributed by atoms with E-state index in [0.29, 0.717) is 0 Å². The highest BCUT2D eigenvalue weighted by Crippen LogP contribution is 2.34. The van der Waals surface area contributed by atoms with Crippen molar-refractivity contribution in [3.05, 3.63) is 12.2 Å². The lowest BCUT2D eigenvalue weighted by atomic mass is 9.89. The first-order valence-electron chi connectivity index (χ1n) is 5.84. The van der Waals surface area contributed by atoms with Crippen LogP contribution in [0.15, 0.2) is 12.2 Å². The predicted octanol–water partition coefficient (Wildman–Crippen LogP) is 0.918. The van der Waals surface area contributed by atoms with Crippen molar-refractivity contribution in [3.63, 3.8) is 0 Å². The lowest BCUT2D eigenvalue weighted by Crippen LogP contribution is -2.49. The third-order valence-electron chi connectivity index (χ3n) is 2.87. The fourth-order valence-electron chi connectivity index (χ4n) is 2.22. The van der Waals surface area contributed by atoms with Crippen molar-refractivity contribution in [3.8, 4) is 0 Å². The zero-order valence-corrected chi connectivity index (χ0v) is 10.5. The zero-order valence-electron chi connectivity index (χ0n) is 10.5. The largest absolute Gasteiger partial charge is 0.481 e. The predicted molar refractivity (Wildman–Crippen MR) is 62.1 cm³/mol. The van der Waals surface area contributed by atoms with Crippen LogP contribution in [-0.2, 0) is 14.3 Å². The first-order valence-corrected chi connectivity index (χ1v) is 5.84. The third-order valence-corrected chi connectivity index (χ3v) is 2.87. The molecule has 0 radical (unpaired) electrons.